The molecule has 0 saturated carbocycles. The number of carbonyl (C=O) groups excluding carboxylic acids is 1. The third-order valence-electron chi connectivity index (χ3n) is 3.78. The Bertz CT molecular complexity index is 824. The molecule has 0 unspecified atom stereocenters. The second-order valence-electron chi connectivity index (χ2n) is 5.48. The van der Waals surface area contributed by atoms with Gasteiger partial charge in [-0.2, -0.15) is 0 Å². The molecule has 3 rings (SSSR count). The van der Waals surface area contributed by atoms with Gasteiger partial charge in [0.15, 0.2) is 0 Å². The molecule has 0 spiro atoms. The molecule has 0 fully saturated rings. The van der Waals surface area contributed by atoms with E-state index in [1.807, 2.05) is 49.6 Å². The zero-order valence-corrected chi connectivity index (χ0v) is 14.5. The van der Waals surface area contributed by atoms with Gasteiger partial charge in [0, 0.05) is 23.1 Å². The van der Waals surface area contributed by atoms with Crippen LogP contribution in [0.4, 0.5) is 0 Å². The molecule has 0 aliphatic heterocycles. The number of rotatable bonds is 6. The fourth-order valence-corrected chi connectivity index (χ4v) is 3.28. The molecule has 0 atom stereocenters. The first kappa shape index (κ1) is 16.4. The van der Waals surface area contributed by atoms with Crippen molar-refractivity contribution in [2.45, 2.75) is 33.2 Å². The summed E-state index contributed by atoms with van der Waals surface area (Å²) in [5, 5.41) is 9.79. The molecule has 1 aromatic carbocycles. The maximum Gasteiger partial charge on any atom is 0.226 e. The van der Waals surface area contributed by atoms with Crippen molar-refractivity contribution in [2.24, 2.45) is 0 Å². The van der Waals surface area contributed by atoms with E-state index in [1.54, 1.807) is 11.3 Å². The zero-order chi connectivity index (χ0) is 16.9. The molecule has 6 heteroatoms. The largest absolute Gasteiger partial charge is 0.361 e. The Morgan fingerprint density at radius 3 is 2.83 bits per heavy atom. The molecule has 124 valence electrons. The Labute approximate surface area is 144 Å². The van der Waals surface area contributed by atoms with Gasteiger partial charge in [-0.1, -0.05) is 42.4 Å². The third-order valence-corrected chi connectivity index (χ3v) is 4.72. The maximum atomic E-state index is 12.2. The van der Waals surface area contributed by atoms with E-state index in [9.17, 15) is 4.79 Å². The maximum absolute atomic E-state index is 12.2. The normalized spacial score (nSPS) is 10.8. The molecule has 3 aromatic rings. The number of nitrogens with zero attached hydrogens (tertiary/aromatic N) is 2. The molecule has 5 nitrogen and oxygen atoms in total. The number of carbonyl (C=O) groups is 1. The van der Waals surface area contributed by atoms with Crippen molar-refractivity contribution in [3.05, 3.63) is 58.4 Å². The monoisotopic (exact) mass is 341 g/mol. The number of hydrogen-bond donors (Lipinski definition) is 1. The molecular formula is C18H19N3O2S. The molecule has 0 aliphatic rings. The minimum Gasteiger partial charge on any atom is -0.361 e. The topological polar surface area (TPSA) is 68.0 Å². The summed E-state index contributed by atoms with van der Waals surface area (Å²) in [6.45, 7) is 4.32. The van der Waals surface area contributed by atoms with Crippen LogP contribution in [0.1, 0.15) is 29.6 Å². The fourth-order valence-electron chi connectivity index (χ4n) is 2.46. The predicted octanol–water partition coefficient (Wildman–Crippen LogP) is 3.53. The van der Waals surface area contributed by atoms with E-state index in [2.05, 4.69) is 15.5 Å². The van der Waals surface area contributed by atoms with E-state index in [-0.39, 0.29) is 12.3 Å². The van der Waals surface area contributed by atoms with Crippen molar-refractivity contribution in [1.82, 2.24) is 15.5 Å². The van der Waals surface area contributed by atoms with Crippen LogP contribution in [0.2, 0.25) is 0 Å². The number of hydrogen-bond acceptors (Lipinski definition) is 5. The summed E-state index contributed by atoms with van der Waals surface area (Å²) in [5.41, 5.74) is 3.72. The van der Waals surface area contributed by atoms with Gasteiger partial charge >= 0.3 is 0 Å². The fraction of sp³-hybridized carbons (Fsp3) is 0.278. The molecule has 24 heavy (non-hydrogen) atoms. The van der Waals surface area contributed by atoms with Gasteiger partial charge < -0.3 is 9.84 Å². The van der Waals surface area contributed by atoms with Crippen LogP contribution in [0.15, 0.2) is 40.2 Å². The summed E-state index contributed by atoms with van der Waals surface area (Å²) in [4.78, 5) is 16.7. The second-order valence-corrected chi connectivity index (χ2v) is 6.34. The predicted molar refractivity (Wildman–Crippen MR) is 93.7 cm³/mol. The van der Waals surface area contributed by atoms with Crippen LogP contribution in [-0.4, -0.2) is 16.0 Å². The minimum absolute atomic E-state index is 0.0532. The first-order valence-corrected chi connectivity index (χ1v) is 8.76. The molecule has 2 aromatic heterocycles. The Balaban J connectivity index is 1.59. The first-order chi connectivity index (χ1) is 11.7. The van der Waals surface area contributed by atoms with E-state index < -0.39 is 0 Å². The van der Waals surface area contributed by atoms with Crippen molar-refractivity contribution in [3.63, 3.8) is 0 Å². The molecule has 0 radical (unpaired) electrons. The highest BCUT2D eigenvalue weighted by Crippen LogP contribution is 2.23. The summed E-state index contributed by atoms with van der Waals surface area (Å²) >= 11 is 1.55. The van der Waals surface area contributed by atoms with Crippen LogP contribution in [0, 0.1) is 6.92 Å². The van der Waals surface area contributed by atoms with Gasteiger partial charge in [-0.3, -0.25) is 4.79 Å². The van der Waals surface area contributed by atoms with Crippen LogP contribution in [0.25, 0.3) is 10.6 Å². The highest BCUT2D eigenvalue weighted by molar-refractivity contribution is 7.13. The Morgan fingerprint density at radius 1 is 1.29 bits per heavy atom. The lowest BCUT2D eigenvalue weighted by Gasteiger charge is -2.04. The van der Waals surface area contributed by atoms with Gasteiger partial charge in [0.1, 0.15) is 10.8 Å². The quantitative estimate of drug-likeness (QED) is 0.745. The third kappa shape index (κ3) is 3.71. The molecule has 0 saturated heterocycles. The van der Waals surface area contributed by atoms with Crippen molar-refractivity contribution < 1.29 is 9.32 Å². The number of nitrogens with one attached hydrogen (secondary N) is 1. The van der Waals surface area contributed by atoms with Gasteiger partial charge in [0.2, 0.25) is 5.91 Å². The average Bonchev–Trinajstić information content (AvgIpc) is 3.20. The van der Waals surface area contributed by atoms with Gasteiger partial charge in [0.25, 0.3) is 0 Å². The number of benzene rings is 1. The van der Waals surface area contributed by atoms with E-state index in [0.717, 1.165) is 39.7 Å². The summed E-state index contributed by atoms with van der Waals surface area (Å²) < 4.78 is 5.18. The van der Waals surface area contributed by atoms with Crippen LogP contribution >= 0.6 is 11.3 Å². The van der Waals surface area contributed by atoms with Crippen LogP contribution in [0.5, 0.6) is 0 Å². The number of aryl methyl sites for hydroxylation is 2. The van der Waals surface area contributed by atoms with Crippen molar-refractivity contribution in [1.29, 1.82) is 0 Å². The van der Waals surface area contributed by atoms with E-state index in [4.69, 9.17) is 4.52 Å². The molecule has 1 N–H and O–H groups in total. The highest BCUT2D eigenvalue weighted by Gasteiger charge is 2.13. The molecule has 1 amide bonds. The van der Waals surface area contributed by atoms with Gasteiger partial charge in [-0.05, 0) is 13.3 Å². The van der Waals surface area contributed by atoms with Crippen LogP contribution in [0.3, 0.4) is 0 Å². The summed E-state index contributed by atoms with van der Waals surface area (Å²) in [5.74, 6) is 0.703. The van der Waals surface area contributed by atoms with Crippen molar-refractivity contribution >= 4 is 17.2 Å². The lowest BCUT2D eigenvalue weighted by atomic mass is 10.1. The smallest absolute Gasteiger partial charge is 0.226 e. The minimum atomic E-state index is -0.0532. The average molecular weight is 341 g/mol. The molecular weight excluding hydrogens is 322 g/mol. The zero-order valence-electron chi connectivity index (χ0n) is 13.7. The van der Waals surface area contributed by atoms with Gasteiger partial charge in [-0.15, -0.1) is 11.3 Å². The van der Waals surface area contributed by atoms with Crippen molar-refractivity contribution in [2.75, 3.05) is 0 Å². The lowest BCUT2D eigenvalue weighted by molar-refractivity contribution is -0.120. The summed E-state index contributed by atoms with van der Waals surface area (Å²) in [6.07, 6.45) is 1.06. The van der Waals surface area contributed by atoms with E-state index in [1.165, 1.54) is 0 Å². The summed E-state index contributed by atoms with van der Waals surface area (Å²) in [7, 11) is 0. The van der Waals surface area contributed by atoms with Crippen LogP contribution in [-0.2, 0) is 24.2 Å². The van der Waals surface area contributed by atoms with Crippen LogP contribution < -0.4 is 5.32 Å². The highest BCUT2D eigenvalue weighted by atomic mass is 32.1. The standard InChI is InChI=1S/C18H19N3O2S/c1-3-16-15(12(2)23-21-16)10-19-17(22)9-14-11-24-18(20-14)13-7-5-4-6-8-13/h4-8,11H,3,9-10H2,1-2H3,(H,19,22). The van der Waals surface area contributed by atoms with E-state index in [0.29, 0.717) is 6.54 Å². The summed E-state index contributed by atoms with van der Waals surface area (Å²) in [6, 6.07) is 9.97. The van der Waals surface area contributed by atoms with E-state index >= 15 is 0 Å². The Morgan fingerprint density at radius 2 is 2.08 bits per heavy atom. The second kappa shape index (κ2) is 7.40. The van der Waals surface area contributed by atoms with Gasteiger partial charge in [-0.25, -0.2) is 4.98 Å². The number of amides is 1. The van der Waals surface area contributed by atoms with Crippen molar-refractivity contribution in [3.8, 4) is 10.6 Å². The Hall–Kier alpha value is -2.47. The number of thiazole rings is 1. The first-order valence-electron chi connectivity index (χ1n) is 7.88. The SMILES string of the molecule is CCc1noc(C)c1CNC(=O)Cc1csc(-c2ccccc2)n1. The molecule has 2 heterocycles. The number of aromatic nitrogens is 2. The molecule has 0 aliphatic carbocycles. The van der Waals surface area contributed by atoms with Gasteiger partial charge in [0.05, 0.1) is 17.8 Å². The lowest BCUT2D eigenvalue weighted by Crippen LogP contribution is -2.25. The molecule has 0 bridgehead atoms. The Kier molecular flexibility index (Phi) is 5.05.